The van der Waals surface area contributed by atoms with Gasteiger partial charge in [0.2, 0.25) is 0 Å². The van der Waals surface area contributed by atoms with Gasteiger partial charge in [-0.1, -0.05) is 13.8 Å². The van der Waals surface area contributed by atoms with Crippen LogP contribution in [0.3, 0.4) is 0 Å². The first-order chi connectivity index (χ1) is 4.81. The predicted molar refractivity (Wildman–Crippen MR) is 39.3 cm³/mol. The van der Waals surface area contributed by atoms with Crippen LogP contribution in [-0.2, 0) is 8.85 Å². The maximum Gasteiger partial charge on any atom is 0.619 e. The van der Waals surface area contributed by atoms with Crippen LogP contribution in [0.2, 0.25) is 0 Å². The van der Waals surface area contributed by atoms with Gasteiger partial charge in [-0.3, -0.25) is 0 Å². The Labute approximate surface area is 63.4 Å². The van der Waals surface area contributed by atoms with Crippen LogP contribution in [0.4, 0.5) is 4.11 Å². The Balaban J connectivity index is 3.00. The molecular formula is C6H14FO2Si. The van der Waals surface area contributed by atoms with Crippen LogP contribution >= 0.6 is 0 Å². The molecule has 0 rings (SSSR count). The number of rotatable bonds is 6. The largest absolute Gasteiger partial charge is 0.619 e. The van der Waals surface area contributed by atoms with Gasteiger partial charge in [-0.05, 0) is 12.8 Å². The highest BCUT2D eigenvalue weighted by Gasteiger charge is 2.13. The Morgan fingerprint density at radius 2 is 1.50 bits per heavy atom. The van der Waals surface area contributed by atoms with Crippen molar-refractivity contribution in [2.45, 2.75) is 26.7 Å². The van der Waals surface area contributed by atoms with Crippen molar-refractivity contribution in [3.05, 3.63) is 0 Å². The Bertz CT molecular complexity index is 64.8. The van der Waals surface area contributed by atoms with Gasteiger partial charge in [-0.25, -0.2) is 4.11 Å². The molecule has 2 nitrogen and oxygen atoms in total. The summed E-state index contributed by atoms with van der Waals surface area (Å²) in [5, 5.41) is 0. The molecule has 0 heterocycles. The third kappa shape index (κ3) is 6.19. The van der Waals surface area contributed by atoms with Crippen molar-refractivity contribution in [1.29, 1.82) is 0 Å². The van der Waals surface area contributed by atoms with E-state index in [1.165, 1.54) is 0 Å². The van der Waals surface area contributed by atoms with Gasteiger partial charge in [0.25, 0.3) is 0 Å². The molecule has 0 aromatic rings. The quantitative estimate of drug-likeness (QED) is 0.441. The summed E-state index contributed by atoms with van der Waals surface area (Å²) in [6, 6.07) is 0. The third-order valence-electron chi connectivity index (χ3n) is 0.839. The second-order valence-electron chi connectivity index (χ2n) is 1.93. The zero-order valence-corrected chi connectivity index (χ0v) is 7.52. The molecule has 0 aliphatic heterocycles. The lowest BCUT2D eigenvalue weighted by molar-refractivity contribution is 0.162. The van der Waals surface area contributed by atoms with Crippen LogP contribution in [0, 0.1) is 0 Å². The molecule has 0 N–H and O–H groups in total. The lowest BCUT2D eigenvalue weighted by Gasteiger charge is -2.03. The highest BCUT2D eigenvalue weighted by atomic mass is 28.4. The fourth-order valence-electron chi connectivity index (χ4n) is 0.406. The zero-order valence-electron chi connectivity index (χ0n) is 6.52. The molecule has 0 atom stereocenters. The van der Waals surface area contributed by atoms with E-state index in [0.717, 1.165) is 12.8 Å². The third-order valence-corrected chi connectivity index (χ3v) is 1.70. The van der Waals surface area contributed by atoms with E-state index >= 15 is 0 Å². The molecule has 0 aromatic carbocycles. The Morgan fingerprint density at radius 3 is 1.80 bits per heavy atom. The molecule has 1 radical (unpaired) electrons. The zero-order chi connectivity index (χ0) is 7.82. The molecule has 0 fully saturated rings. The molecule has 0 bridgehead atoms. The fraction of sp³-hybridized carbons (Fsp3) is 1.00. The van der Waals surface area contributed by atoms with E-state index in [-0.39, 0.29) is 0 Å². The summed E-state index contributed by atoms with van der Waals surface area (Å²) in [5.41, 5.74) is 0. The van der Waals surface area contributed by atoms with Crippen LogP contribution < -0.4 is 0 Å². The molecule has 10 heavy (non-hydrogen) atoms. The van der Waals surface area contributed by atoms with Gasteiger partial charge in [-0.15, -0.1) is 0 Å². The summed E-state index contributed by atoms with van der Waals surface area (Å²) in [6.45, 7) is 4.81. The average molecular weight is 165 g/mol. The van der Waals surface area contributed by atoms with Gasteiger partial charge >= 0.3 is 9.62 Å². The molecule has 0 saturated heterocycles. The van der Waals surface area contributed by atoms with E-state index in [0.29, 0.717) is 13.2 Å². The van der Waals surface area contributed by atoms with Gasteiger partial charge in [0.15, 0.2) is 0 Å². The molecule has 0 amide bonds. The summed E-state index contributed by atoms with van der Waals surface area (Å²) < 4.78 is 21.8. The molecular weight excluding hydrogens is 151 g/mol. The lowest BCUT2D eigenvalue weighted by atomic mass is 10.5. The van der Waals surface area contributed by atoms with Gasteiger partial charge in [-0.2, -0.15) is 0 Å². The summed E-state index contributed by atoms with van der Waals surface area (Å²) in [4.78, 5) is 0. The average Bonchev–Trinajstić information content (AvgIpc) is 1.97. The van der Waals surface area contributed by atoms with E-state index in [2.05, 4.69) is 0 Å². The topological polar surface area (TPSA) is 18.5 Å². The molecule has 0 saturated carbocycles. The Hall–Kier alpha value is 0.0669. The van der Waals surface area contributed by atoms with Crippen molar-refractivity contribution in [2.24, 2.45) is 0 Å². The van der Waals surface area contributed by atoms with Gasteiger partial charge in [0, 0.05) is 13.2 Å². The monoisotopic (exact) mass is 165 g/mol. The van der Waals surface area contributed by atoms with Gasteiger partial charge < -0.3 is 8.85 Å². The summed E-state index contributed by atoms with van der Waals surface area (Å²) in [7, 11) is -2.41. The maximum absolute atomic E-state index is 12.4. The summed E-state index contributed by atoms with van der Waals surface area (Å²) in [5.74, 6) is 0. The normalized spacial score (nSPS) is 10.8. The van der Waals surface area contributed by atoms with E-state index in [1.807, 2.05) is 13.8 Å². The molecule has 0 aliphatic rings. The highest BCUT2D eigenvalue weighted by molar-refractivity contribution is 6.35. The second-order valence-corrected chi connectivity index (χ2v) is 2.99. The van der Waals surface area contributed by atoms with Gasteiger partial charge in [0.05, 0.1) is 0 Å². The molecule has 61 valence electrons. The first-order valence-electron chi connectivity index (χ1n) is 3.59. The van der Waals surface area contributed by atoms with E-state index < -0.39 is 9.62 Å². The highest BCUT2D eigenvalue weighted by Crippen LogP contribution is 1.93. The van der Waals surface area contributed by atoms with E-state index in [4.69, 9.17) is 8.85 Å². The standard InChI is InChI=1S/C6H14FO2Si/c1-3-5-8-10(7)9-6-4-2/h3-6H2,1-2H3. The van der Waals surface area contributed by atoms with Gasteiger partial charge in [0.1, 0.15) is 0 Å². The molecule has 0 unspecified atom stereocenters. The van der Waals surface area contributed by atoms with Crippen molar-refractivity contribution in [2.75, 3.05) is 13.2 Å². The van der Waals surface area contributed by atoms with Crippen molar-refractivity contribution in [3.63, 3.8) is 0 Å². The van der Waals surface area contributed by atoms with Crippen LogP contribution in [0.5, 0.6) is 0 Å². The maximum atomic E-state index is 12.4. The number of hydrogen-bond acceptors (Lipinski definition) is 2. The molecule has 4 heteroatoms. The van der Waals surface area contributed by atoms with E-state index in [1.54, 1.807) is 0 Å². The summed E-state index contributed by atoms with van der Waals surface area (Å²) >= 11 is 0. The molecule has 0 spiro atoms. The number of hydrogen-bond donors (Lipinski definition) is 0. The Morgan fingerprint density at radius 1 is 1.10 bits per heavy atom. The SMILES string of the molecule is CCCO[Si](F)OCCC. The lowest BCUT2D eigenvalue weighted by Crippen LogP contribution is -2.18. The van der Waals surface area contributed by atoms with Crippen LogP contribution in [0.25, 0.3) is 0 Å². The first kappa shape index (κ1) is 10.1. The van der Waals surface area contributed by atoms with Crippen LogP contribution in [-0.4, -0.2) is 22.8 Å². The van der Waals surface area contributed by atoms with E-state index in [9.17, 15) is 4.11 Å². The van der Waals surface area contributed by atoms with Crippen molar-refractivity contribution < 1.29 is 13.0 Å². The smallest absolute Gasteiger partial charge is 0.368 e. The van der Waals surface area contributed by atoms with Crippen LogP contribution in [0.15, 0.2) is 0 Å². The molecule has 0 aliphatic carbocycles. The van der Waals surface area contributed by atoms with Crippen molar-refractivity contribution in [3.8, 4) is 0 Å². The predicted octanol–water partition coefficient (Wildman–Crippen LogP) is 1.79. The van der Waals surface area contributed by atoms with Crippen molar-refractivity contribution >= 4 is 9.62 Å². The fourth-order valence-corrected chi connectivity index (χ4v) is 1.22. The second kappa shape index (κ2) is 7.18. The number of halogens is 1. The summed E-state index contributed by atoms with van der Waals surface area (Å²) in [6.07, 6.45) is 1.68. The minimum Gasteiger partial charge on any atom is -0.368 e. The van der Waals surface area contributed by atoms with Crippen molar-refractivity contribution in [1.82, 2.24) is 0 Å². The first-order valence-corrected chi connectivity index (χ1v) is 4.78. The minimum absolute atomic E-state index is 0.467. The Kier molecular flexibility index (Phi) is 7.23. The van der Waals surface area contributed by atoms with Crippen LogP contribution in [0.1, 0.15) is 26.7 Å². The molecule has 0 aromatic heterocycles. The minimum atomic E-state index is -2.41.